The number of nitrogens with two attached hydrogens (primary N) is 1. The second kappa shape index (κ2) is 5.05. The summed E-state index contributed by atoms with van der Waals surface area (Å²) in [6.45, 7) is 2.20. The Morgan fingerprint density at radius 2 is 2.31 bits per heavy atom. The maximum absolute atomic E-state index is 10.7. The van der Waals surface area contributed by atoms with Crippen molar-refractivity contribution in [2.75, 3.05) is 0 Å². The highest BCUT2D eigenvalue weighted by Crippen LogP contribution is 2.39. The second-order valence-corrected chi connectivity index (χ2v) is 3.83. The molecule has 2 nitrogen and oxygen atoms in total. The number of hydrogen-bond donors (Lipinski definition) is 1. The number of carbonyl (C=O) groups excluding carboxylic acids is 1. The van der Waals surface area contributed by atoms with E-state index in [9.17, 15) is 4.79 Å². The molecular formula is C11H19NO. The van der Waals surface area contributed by atoms with Gasteiger partial charge in [-0.15, -0.1) is 0 Å². The highest BCUT2D eigenvalue weighted by atomic mass is 16.1. The van der Waals surface area contributed by atoms with Crippen molar-refractivity contribution < 1.29 is 4.79 Å². The highest BCUT2D eigenvalue weighted by molar-refractivity contribution is 5.80. The molecule has 2 heteroatoms. The molecular weight excluding hydrogens is 162 g/mol. The standard InChI is InChI=1S/C11H19NO/c1-2-3-4-5-6-7-9-8-10(9)11(12)13/h6-7,9-10H,2-5,8H2,1H3,(H2,12,13)/b7-6-. The van der Waals surface area contributed by atoms with Gasteiger partial charge in [0.05, 0.1) is 0 Å². The Labute approximate surface area is 80.2 Å². The number of rotatable bonds is 6. The van der Waals surface area contributed by atoms with Gasteiger partial charge in [0, 0.05) is 5.92 Å². The third-order valence-corrected chi connectivity index (χ3v) is 2.56. The summed E-state index contributed by atoms with van der Waals surface area (Å²) in [5.74, 6) is 0.463. The molecule has 0 aliphatic heterocycles. The van der Waals surface area contributed by atoms with Crippen LogP contribution < -0.4 is 5.73 Å². The average Bonchev–Trinajstić information content (AvgIpc) is 2.83. The molecule has 0 saturated heterocycles. The lowest BCUT2D eigenvalue weighted by Gasteiger charge is -1.91. The zero-order valence-corrected chi connectivity index (χ0v) is 8.33. The van der Waals surface area contributed by atoms with Gasteiger partial charge in [0.15, 0.2) is 0 Å². The lowest BCUT2D eigenvalue weighted by Crippen LogP contribution is -2.13. The molecule has 0 aromatic heterocycles. The first-order chi connectivity index (χ1) is 6.25. The maximum atomic E-state index is 10.7. The van der Waals surface area contributed by atoms with E-state index >= 15 is 0 Å². The van der Waals surface area contributed by atoms with Gasteiger partial charge in [-0.2, -0.15) is 0 Å². The number of allylic oxidation sites excluding steroid dienone is 2. The number of carbonyl (C=O) groups is 1. The number of hydrogen-bond acceptors (Lipinski definition) is 1. The smallest absolute Gasteiger partial charge is 0.221 e. The number of amides is 1. The zero-order valence-electron chi connectivity index (χ0n) is 8.33. The van der Waals surface area contributed by atoms with Crippen molar-refractivity contribution in [3.8, 4) is 0 Å². The van der Waals surface area contributed by atoms with Crippen molar-refractivity contribution in [1.82, 2.24) is 0 Å². The molecule has 1 amide bonds. The molecule has 0 heterocycles. The summed E-state index contributed by atoms with van der Waals surface area (Å²) < 4.78 is 0. The van der Waals surface area contributed by atoms with Crippen LogP contribution in [0.25, 0.3) is 0 Å². The van der Waals surface area contributed by atoms with Crippen LogP contribution in [-0.4, -0.2) is 5.91 Å². The molecule has 0 bridgehead atoms. The minimum absolute atomic E-state index is 0.136. The summed E-state index contributed by atoms with van der Waals surface area (Å²) in [6, 6.07) is 0. The molecule has 2 unspecified atom stereocenters. The molecule has 1 saturated carbocycles. The Balaban J connectivity index is 2.03. The summed E-state index contributed by atoms with van der Waals surface area (Å²) in [5, 5.41) is 0. The van der Waals surface area contributed by atoms with E-state index in [4.69, 9.17) is 5.73 Å². The average molecular weight is 181 g/mol. The van der Waals surface area contributed by atoms with Crippen LogP contribution in [0, 0.1) is 11.8 Å². The van der Waals surface area contributed by atoms with Crippen molar-refractivity contribution >= 4 is 5.91 Å². The van der Waals surface area contributed by atoms with Crippen LogP contribution in [0.2, 0.25) is 0 Å². The van der Waals surface area contributed by atoms with Gasteiger partial charge in [-0.25, -0.2) is 0 Å². The Hall–Kier alpha value is -0.790. The molecule has 0 spiro atoms. The lowest BCUT2D eigenvalue weighted by molar-refractivity contribution is -0.119. The first-order valence-corrected chi connectivity index (χ1v) is 5.21. The van der Waals surface area contributed by atoms with E-state index in [0.29, 0.717) is 5.92 Å². The summed E-state index contributed by atoms with van der Waals surface area (Å²) in [7, 11) is 0. The van der Waals surface area contributed by atoms with E-state index in [0.717, 1.165) is 12.8 Å². The molecule has 1 fully saturated rings. The Morgan fingerprint density at radius 1 is 1.54 bits per heavy atom. The monoisotopic (exact) mass is 181 g/mol. The molecule has 1 aliphatic carbocycles. The van der Waals surface area contributed by atoms with Gasteiger partial charge in [0.25, 0.3) is 0 Å². The Morgan fingerprint density at radius 3 is 2.85 bits per heavy atom. The largest absolute Gasteiger partial charge is 0.369 e. The van der Waals surface area contributed by atoms with Crippen molar-refractivity contribution in [1.29, 1.82) is 0 Å². The van der Waals surface area contributed by atoms with Crippen LogP contribution in [0.15, 0.2) is 12.2 Å². The summed E-state index contributed by atoms with van der Waals surface area (Å²) >= 11 is 0. The van der Waals surface area contributed by atoms with Crippen LogP contribution >= 0.6 is 0 Å². The van der Waals surface area contributed by atoms with Crippen LogP contribution in [0.3, 0.4) is 0 Å². The molecule has 0 radical (unpaired) electrons. The Bertz CT molecular complexity index is 198. The van der Waals surface area contributed by atoms with Crippen molar-refractivity contribution in [2.24, 2.45) is 17.6 Å². The van der Waals surface area contributed by atoms with Crippen LogP contribution in [0.5, 0.6) is 0 Å². The number of primary amides is 1. The fraction of sp³-hybridized carbons (Fsp3) is 0.727. The highest BCUT2D eigenvalue weighted by Gasteiger charge is 2.39. The fourth-order valence-electron chi connectivity index (χ4n) is 1.54. The van der Waals surface area contributed by atoms with Crippen molar-refractivity contribution in [3.63, 3.8) is 0 Å². The van der Waals surface area contributed by atoms with Gasteiger partial charge in [0.1, 0.15) is 0 Å². The van der Waals surface area contributed by atoms with Gasteiger partial charge >= 0.3 is 0 Å². The first kappa shape index (κ1) is 10.3. The van der Waals surface area contributed by atoms with Gasteiger partial charge in [0.2, 0.25) is 5.91 Å². The molecule has 13 heavy (non-hydrogen) atoms. The van der Waals surface area contributed by atoms with E-state index in [1.165, 1.54) is 19.3 Å². The quantitative estimate of drug-likeness (QED) is 0.495. The SMILES string of the molecule is CCCCC/C=C\C1CC1C(N)=O. The van der Waals surface area contributed by atoms with E-state index < -0.39 is 0 Å². The van der Waals surface area contributed by atoms with Crippen molar-refractivity contribution in [2.45, 2.75) is 39.0 Å². The van der Waals surface area contributed by atoms with Crippen LogP contribution in [0.4, 0.5) is 0 Å². The lowest BCUT2D eigenvalue weighted by atomic mass is 10.2. The minimum Gasteiger partial charge on any atom is -0.369 e. The normalized spacial score (nSPS) is 26.5. The van der Waals surface area contributed by atoms with Crippen LogP contribution in [-0.2, 0) is 4.79 Å². The third kappa shape index (κ3) is 3.62. The maximum Gasteiger partial charge on any atom is 0.221 e. The second-order valence-electron chi connectivity index (χ2n) is 3.83. The van der Waals surface area contributed by atoms with Gasteiger partial charge in [-0.3, -0.25) is 4.79 Å². The molecule has 1 rings (SSSR count). The molecule has 74 valence electrons. The number of unbranched alkanes of at least 4 members (excludes halogenated alkanes) is 3. The molecule has 0 aromatic rings. The first-order valence-electron chi connectivity index (χ1n) is 5.21. The van der Waals surface area contributed by atoms with Gasteiger partial charge in [-0.05, 0) is 25.2 Å². The predicted molar refractivity (Wildman–Crippen MR) is 54.1 cm³/mol. The van der Waals surface area contributed by atoms with Gasteiger partial charge < -0.3 is 5.73 Å². The zero-order chi connectivity index (χ0) is 9.68. The van der Waals surface area contributed by atoms with E-state index in [-0.39, 0.29) is 11.8 Å². The summed E-state index contributed by atoms with van der Waals surface area (Å²) in [4.78, 5) is 10.7. The van der Waals surface area contributed by atoms with E-state index in [1.54, 1.807) is 0 Å². The molecule has 2 N–H and O–H groups in total. The Kier molecular flexibility index (Phi) is 4.00. The van der Waals surface area contributed by atoms with E-state index in [2.05, 4.69) is 19.1 Å². The molecule has 1 aliphatic rings. The predicted octanol–water partition coefficient (Wildman–Crippen LogP) is 2.24. The van der Waals surface area contributed by atoms with Crippen molar-refractivity contribution in [3.05, 3.63) is 12.2 Å². The van der Waals surface area contributed by atoms with E-state index in [1.807, 2.05) is 0 Å². The topological polar surface area (TPSA) is 43.1 Å². The molecule has 2 atom stereocenters. The van der Waals surface area contributed by atoms with Gasteiger partial charge in [-0.1, -0.05) is 31.9 Å². The van der Waals surface area contributed by atoms with Crippen LogP contribution in [0.1, 0.15) is 39.0 Å². The molecule has 0 aromatic carbocycles. The summed E-state index contributed by atoms with van der Waals surface area (Å²) in [6.07, 6.45) is 10.3. The third-order valence-electron chi connectivity index (χ3n) is 2.56. The minimum atomic E-state index is -0.136. The fourth-order valence-corrected chi connectivity index (χ4v) is 1.54. The summed E-state index contributed by atoms with van der Waals surface area (Å²) in [5.41, 5.74) is 5.17.